The van der Waals surface area contributed by atoms with Crippen LogP contribution in [0.15, 0.2) is 88.2 Å². The number of benzene rings is 1. The second-order valence-electron chi connectivity index (χ2n) is 16.9. The third-order valence-electron chi connectivity index (χ3n) is 11.5. The molecule has 6 heterocycles. The summed E-state index contributed by atoms with van der Waals surface area (Å²) in [7, 11) is 0. The van der Waals surface area contributed by atoms with Crippen LogP contribution in [0.4, 0.5) is 0 Å². The molecule has 0 bridgehead atoms. The second kappa shape index (κ2) is 12.1. The number of aromatic nitrogens is 3. The molecule has 3 aromatic heterocycles. The number of rotatable bonds is 6. The van der Waals surface area contributed by atoms with Gasteiger partial charge in [-0.05, 0) is 138 Å². The molecule has 0 spiro atoms. The van der Waals surface area contributed by atoms with Crippen LogP contribution in [0, 0.1) is 0 Å². The van der Waals surface area contributed by atoms with Gasteiger partial charge in [-0.15, -0.1) is 0 Å². The van der Waals surface area contributed by atoms with Crippen molar-refractivity contribution in [1.29, 1.82) is 0 Å². The topological polar surface area (TPSA) is 75.8 Å². The molecule has 0 N–H and O–H groups in total. The van der Waals surface area contributed by atoms with E-state index in [1.54, 1.807) is 0 Å². The Hall–Kier alpha value is -3.27. The molecule has 0 saturated heterocycles. The number of hydrogen-bond acceptors (Lipinski definition) is 9. The first kappa shape index (κ1) is 36.1. The number of aliphatic imine (C=N–C) groups is 3. The minimum atomic E-state index is -0.148. The highest BCUT2D eigenvalue weighted by atomic mass is 32.2. The van der Waals surface area contributed by atoms with Crippen LogP contribution >= 0.6 is 35.3 Å². The Labute approximate surface area is 316 Å². The standard InChI is InChI=1S/C42H48N6S3/c1-37(2)40(7,8)49-34(46-37)25-13-16-31(43-22-25)28-19-29(32-17-14-26(23-44-32)35-47-38(3,4)41(9,10)50-35)21-30(20-28)33-18-15-27(24-45-33)36-48-39(5,6)42(11,12)51-36/h13-24H,1-12H3. The van der Waals surface area contributed by atoms with Gasteiger partial charge in [-0.25, -0.2) is 0 Å². The highest BCUT2D eigenvalue weighted by molar-refractivity contribution is 8.16. The molecule has 0 radical (unpaired) electrons. The van der Waals surface area contributed by atoms with E-state index in [1.807, 2.05) is 53.9 Å². The summed E-state index contributed by atoms with van der Waals surface area (Å²) in [5, 5.41) is 3.13. The fraction of sp³-hybridized carbons (Fsp3) is 0.429. The number of thioether (sulfide) groups is 3. The number of pyridine rings is 3. The summed E-state index contributed by atoms with van der Waals surface area (Å²) < 4.78 is 0.0424. The molecule has 3 aliphatic rings. The van der Waals surface area contributed by atoms with Crippen molar-refractivity contribution in [2.75, 3.05) is 0 Å². The molecule has 0 fully saturated rings. The summed E-state index contributed by atoms with van der Waals surface area (Å²) in [5.41, 5.74) is 8.38. The highest BCUT2D eigenvalue weighted by Crippen LogP contribution is 2.48. The molecule has 9 heteroatoms. The van der Waals surface area contributed by atoms with E-state index >= 15 is 0 Å². The van der Waals surface area contributed by atoms with Gasteiger partial charge in [0.2, 0.25) is 0 Å². The van der Waals surface area contributed by atoms with E-state index in [1.165, 1.54) is 0 Å². The van der Waals surface area contributed by atoms with Crippen molar-refractivity contribution in [3.8, 4) is 33.8 Å². The molecule has 0 saturated carbocycles. The van der Waals surface area contributed by atoms with Crippen LogP contribution in [-0.4, -0.2) is 60.9 Å². The lowest BCUT2D eigenvalue weighted by molar-refractivity contribution is 0.426. The van der Waals surface area contributed by atoms with E-state index in [4.69, 9.17) is 29.9 Å². The quantitative estimate of drug-likeness (QED) is 0.196. The maximum Gasteiger partial charge on any atom is 0.101 e. The highest BCUT2D eigenvalue weighted by Gasteiger charge is 2.46. The predicted octanol–water partition coefficient (Wildman–Crippen LogP) is 11.0. The van der Waals surface area contributed by atoms with E-state index < -0.39 is 0 Å². The first-order valence-corrected chi connectivity index (χ1v) is 20.0. The van der Waals surface area contributed by atoms with Gasteiger partial charge in [0, 0.05) is 66.2 Å². The number of nitrogens with zero attached hydrogens (tertiary/aromatic N) is 6. The van der Waals surface area contributed by atoms with Gasteiger partial charge >= 0.3 is 0 Å². The van der Waals surface area contributed by atoms with Crippen molar-refractivity contribution in [1.82, 2.24) is 15.0 Å². The van der Waals surface area contributed by atoms with E-state index in [-0.39, 0.29) is 30.9 Å². The first-order chi connectivity index (χ1) is 23.7. The van der Waals surface area contributed by atoms with Gasteiger partial charge in [0.05, 0.1) is 33.7 Å². The summed E-state index contributed by atoms with van der Waals surface area (Å²) in [6.45, 7) is 26.7. The second-order valence-corrected chi connectivity index (χ2v) is 21.7. The molecule has 3 aliphatic heterocycles. The molecular formula is C42H48N6S3. The van der Waals surface area contributed by atoms with Crippen molar-refractivity contribution < 1.29 is 0 Å². The molecule has 51 heavy (non-hydrogen) atoms. The minimum absolute atomic E-state index is 0.0141. The van der Waals surface area contributed by atoms with E-state index in [2.05, 4.69) is 138 Å². The van der Waals surface area contributed by atoms with Crippen LogP contribution in [0.3, 0.4) is 0 Å². The largest absolute Gasteiger partial charge is 0.270 e. The smallest absolute Gasteiger partial charge is 0.101 e. The SMILES string of the molecule is CC1(C)N=C(c2ccc(-c3cc(-c4ccc(C5=NC(C)(C)C(C)(C)S5)cn4)cc(-c4ccc(C5=NC(C)(C)C(C)(C)S5)cn4)c3)nc2)SC1(C)C. The Morgan fingerprint density at radius 2 is 0.608 bits per heavy atom. The zero-order valence-electron chi connectivity index (χ0n) is 31.8. The van der Waals surface area contributed by atoms with Crippen molar-refractivity contribution >= 4 is 50.4 Å². The Morgan fingerprint density at radius 3 is 0.784 bits per heavy atom. The Balaban J connectivity index is 1.25. The Kier molecular flexibility index (Phi) is 8.59. The zero-order chi connectivity index (χ0) is 36.8. The summed E-state index contributed by atoms with van der Waals surface area (Å²) in [4.78, 5) is 30.1. The average Bonchev–Trinajstić information content (AvgIpc) is 3.53. The van der Waals surface area contributed by atoms with Gasteiger partial charge in [-0.3, -0.25) is 29.9 Å². The van der Waals surface area contributed by atoms with E-state index in [9.17, 15) is 0 Å². The van der Waals surface area contributed by atoms with Gasteiger partial charge in [-0.1, -0.05) is 35.3 Å². The normalized spacial score (nSPS) is 22.0. The summed E-state index contributed by atoms with van der Waals surface area (Å²) >= 11 is 5.47. The molecule has 7 rings (SSSR count). The third kappa shape index (κ3) is 6.52. The predicted molar refractivity (Wildman–Crippen MR) is 223 cm³/mol. The van der Waals surface area contributed by atoms with Gasteiger partial charge < -0.3 is 0 Å². The van der Waals surface area contributed by atoms with Crippen LogP contribution in [0.2, 0.25) is 0 Å². The Morgan fingerprint density at radius 1 is 0.353 bits per heavy atom. The lowest BCUT2D eigenvalue weighted by atomic mass is 9.91. The van der Waals surface area contributed by atoms with Gasteiger partial charge in [-0.2, -0.15) is 0 Å². The molecule has 264 valence electrons. The summed E-state index contributed by atoms with van der Waals surface area (Å²) in [6.07, 6.45) is 5.87. The minimum Gasteiger partial charge on any atom is -0.270 e. The molecule has 0 amide bonds. The summed E-state index contributed by atoms with van der Waals surface area (Å²) in [5.74, 6) is 0. The lowest BCUT2D eigenvalue weighted by Gasteiger charge is -2.30. The van der Waals surface area contributed by atoms with E-state index in [0.29, 0.717) is 0 Å². The van der Waals surface area contributed by atoms with Gasteiger partial charge in [0.1, 0.15) is 15.1 Å². The molecule has 0 atom stereocenters. The fourth-order valence-corrected chi connectivity index (χ4v) is 9.72. The lowest BCUT2D eigenvalue weighted by Crippen LogP contribution is -2.36. The molecule has 4 aromatic rings. The third-order valence-corrected chi connectivity index (χ3v) is 16.1. The van der Waals surface area contributed by atoms with Gasteiger partial charge in [0.15, 0.2) is 0 Å². The van der Waals surface area contributed by atoms with Crippen LogP contribution in [0.25, 0.3) is 33.8 Å². The van der Waals surface area contributed by atoms with Crippen LogP contribution in [0.1, 0.15) is 99.8 Å². The van der Waals surface area contributed by atoms with Crippen LogP contribution < -0.4 is 0 Å². The molecular weight excluding hydrogens is 685 g/mol. The van der Waals surface area contributed by atoms with Crippen molar-refractivity contribution in [2.24, 2.45) is 15.0 Å². The fourth-order valence-electron chi connectivity index (χ4n) is 5.85. The van der Waals surface area contributed by atoms with Crippen LogP contribution in [0.5, 0.6) is 0 Å². The average molecular weight is 733 g/mol. The molecule has 0 aliphatic carbocycles. The zero-order valence-corrected chi connectivity index (χ0v) is 34.3. The molecule has 1 aromatic carbocycles. The van der Waals surface area contributed by atoms with Crippen molar-refractivity contribution in [3.05, 3.63) is 89.9 Å². The first-order valence-electron chi connectivity index (χ1n) is 17.6. The van der Waals surface area contributed by atoms with E-state index in [0.717, 1.165) is 65.6 Å². The van der Waals surface area contributed by atoms with Crippen molar-refractivity contribution in [2.45, 2.75) is 114 Å². The van der Waals surface area contributed by atoms with Gasteiger partial charge in [0.25, 0.3) is 0 Å². The van der Waals surface area contributed by atoms with Crippen LogP contribution in [-0.2, 0) is 0 Å². The number of hydrogen-bond donors (Lipinski definition) is 0. The van der Waals surface area contributed by atoms with Crippen molar-refractivity contribution in [3.63, 3.8) is 0 Å². The maximum atomic E-state index is 5.06. The Bertz CT molecular complexity index is 1850. The maximum absolute atomic E-state index is 5.06. The molecule has 6 nitrogen and oxygen atoms in total. The monoisotopic (exact) mass is 732 g/mol. The molecule has 0 unspecified atom stereocenters. The summed E-state index contributed by atoms with van der Waals surface area (Å²) in [6, 6.07) is 19.3.